The molecular formula is C12H21N3O2S. The van der Waals surface area contributed by atoms with E-state index in [0.29, 0.717) is 13.1 Å². The monoisotopic (exact) mass is 271 g/mol. The highest BCUT2D eigenvalue weighted by Gasteiger charge is 2.08. The van der Waals surface area contributed by atoms with Gasteiger partial charge in [-0.1, -0.05) is 0 Å². The number of benzene rings is 1. The molecule has 0 aliphatic carbocycles. The summed E-state index contributed by atoms with van der Waals surface area (Å²) in [5, 5.41) is 0. The normalized spacial score (nSPS) is 11.5. The van der Waals surface area contributed by atoms with E-state index in [1.807, 2.05) is 32.0 Å². The Morgan fingerprint density at radius 2 is 2.06 bits per heavy atom. The molecule has 1 aromatic carbocycles. The highest BCUT2D eigenvalue weighted by Crippen LogP contribution is 2.21. The Labute approximate surface area is 109 Å². The maximum absolute atomic E-state index is 11.0. The fourth-order valence-corrected chi connectivity index (χ4v) is 2.31. The van der Waals surface area contributed by atoms with Gasteiger partial charge in [0.05, 0.1) is 6.26 Å². The van der Waals surface area contributed by atoms with Crippen molar-refractivity contribution < 1.29 is 8.42 Å². The van der Waals surface area contributed by atoms with E-state index in [1.165, 1.54) is 0 Å². The van der Waals surface area contributed by atoms with Crippen LogP contribution in [0.25, 0.3) is 0 Å². The first-order valence-corrected chi connectivity index (χ1v) is 7.78. The molecule has 1 rings (SSSR count). The first-order chi connectivity index (χ1) is 8.33. The number of nitrogens with one attached hydrogen (secondary N) is 1. The fraction of sp³-hybridized carbons (Fsp3) is 0.500. The van der Waals surface area contributed by atoms with Crippen molar-refractivity contribution in [1.82, 2.24) is 4.72 Å². The van der Waals surface area contributed by atoms with E-state index in [0.717, 1.165) is 29.7 Å². The van der Waals surface area contributed by atoms with E-state index in [9.17, 15) is 8.42 Å². The van der Waals surface area contributed by atoms with Gasteiger partial charge in [-0.2, -0.15) is 0 Å². The summed E-state index contributed by atoms with van der Waals surface area (Å²) in [6.07, 6.45) is 1.16. The number of nitrogen functional groups attached to an aromatic ring is 1. The molecule has 0 heterocycles. The van der Waals surface area contributed by atoms with Gasteiger partial charge in [0.15, 0.2) is 0 Å². The molecule has 102 valence electrons. The molecule has 18 heavy (non-hydrogen) atoms. The van der Waals surface area contributed by atoms with Gasteiger partial charge in [0.1, 0.15) is 0 Å². The predicted octanol–water partition coefficient (Wildman–Crippen LogP) is 0.953. The average Bonchev–Trinajstić information content (AvgIpc) is 2.24. The minimum Gasteiger partial charge on any atom is -0.399 e. The second-order valence-electron chi connectivity index (χ2n) is 4.29. The highest BCUT2D eigenvalue weighted by molar-refractivity contribution is 7.88. The van der Waals surface area contributed by atoms with E-state index in [-0.39, 0.29) is 0 Å². The van der Waals surface area contributed by atoms with Gasteiger partial charge in [0, 0.05) is 31.0 Å². The van der Waals surface area contributed by atoms with Crippen molar-refractivity contribution in [3.05, 3.63) is 23.8 Å². The molecule has 0 saturated carbocycles. The Morgan fingerprint density at radius 3 is 2.56 bits per heavy atom. The van der Waals surface area contributed by atoms with Crippen molar-refractivity contribution in [2.45, 2.75) is 13.8 Å². The fourth-order valence-electron chi connectivity index (χ4n) is 1.85. The van der Waals surface area contributed by atoms with Crippen LogP contribution in [-0.4, -0.2) is 34.3 Å². The van der Waals surface area contributed by atoms with E-state index in [4.69, 9.17) is 5.73 Å². The van der Waals surface area contributed by atoms with Crippen molar-refractivity contribution in [2.75, 3.05) is 36.5 Å². The second kappa shape index (κ2) is 6.06. The molecule has 1 aromatic rings. The SMILES string of the molecule is CCN(CCNS(C)(=O)=O)c1ccc(N)cc1C. The van der Waals surface area contributed by atoms with Crippen LogP contribution >= 0.6 is 0 Å². The van der Waals surface area contributed by atoms with Crippen molar-refractivity contribution in [3.63, 3.8) is 0 Å². The number of hydrogen-bond donors (Lipinski definition) is 2. The predicted molar refractivity (Wildman–Crippen MR) is 76.3 cm³/mol. The topological polar surface area (TPSA) is 75.4 Å². The lowest BCUT2D eigenvalue weighted by molar-refractivity contribution is 0.587. The molecule has 0 saturated heterocycles. The summed E-state index contributed by atoms with van der Waals surface area (Å²) in [5.41, 5.74) is 8.63. The van der Waals surface area contributed by atoms with Crippen molar-refractivity contribution in [2.24, 2.45) is 0 Å². The molecule has 0 atom stereocenters. The number of aryl methyl sites for hydroxylation is 1. The molecule has 0 unspecified atom stereocenters. The van der Waals surface area contributed by atoms with Crippen LogP contribution in [0.1, 0.15) is 12.5 Å². The molecule has 3 N–H and O–H groups in total. The van der Waals surface area contributed by atoms with Crippen LogP contribution in [0.5, 0.6) is 0 Å². The highest BCUT2D eigenvalue weighted by atomic mass is 32.2. The lowest BCUT2D eigenvalue weighted by Crippen LogP contribution is -2.34. The van der Waals surface area contributed by atoms with Crippen molar-refractivity contribution in [3.8, 4) is 0 Å². The standard InChI is InChI=1S/C12H21N3O2S/c1-4-15(8-7-14-18(3,16)17)12-6-5-11(13)9-10(12)2/h5-6,9,14H,4,7-8,13H2,1-3H3. The zero-order valence-corrected chi connectivity index (χ0v) is 11.9. The Morgan fingerprint density at radius 1 is 1.39 bits per heavy atom. The lowest BCUT2D eigenvalue weighted by Gasteiger charge is -2.25. The third kappa shape index (κ3) is 4.54. The van der Waals surface area contributed by atoms with E-state index >= 15 is 0 Å². The van der Waals surface area contributed by atoms with Crippen LogP contribution in [0.4, 0.5) is 11.4 Å². The van der Waals surface area contributed by atoms with Gasteiger partial charge in [-0.15, -0.1) is 0 Å². The summed E-state index contributed by atoms with van der Waals surface area (Å²) >= 11 is 0. The van der Waals surface area contributed by atoms with Gasteiger partial charge in [-0.25, -0.2) is 13.1 Å². The summed E-state index contributed by atoms with van der Waals surface area (Å²) in [5.74, 6) is 0. The van der Waals surface area contributed by atoms with Crippen LogP contribution in [0.3, 0.4) is 0 Å². The Hall–Kier alpha value is -1.27. The van der Waals surface area contributed by atoms with Gasteiger partial charge >= 0.3 is 0 Å². The van der Waals surface area contributed by atoms with Crippen molar-refractivity contribution >= 4 is 21.4 Å². The number of nitrogens with two attached hydrogens (primary N) is 1. The molecule has 6 heteroatoms. The Bertz CT molecular complexity index is 500. The van der Waals surface area contributed by atoms with Gasteiger partial charge < -0.3 is 10.6 Å². The van der Waals surface area contributed by atoms with Crippen LogP contribution in [0.15, 0.2) is 18.2 Å². The molecular weight excluding hydrogens is 250 g/mol. The van der Waals surface area contributed by atoms with E-state index in [1.54, 1.807) is 0 Å². The maximum atomic E-state index is 11.0. The average molecular weight is 271 g/mol. The van der Waals surface area contributed by atoms with Crippen molar-refractivity contribution in [1.29, 1.82) is 0 Å². The molecule has 0 spiro atoms. The molecule has 0 fully saturated rings. The third-order valence-electron chi connectivity index (χ3n) is 2.69. The van der Waals surface area contributed by atoms with Gasteiger partial charge in [-0.3, -0.25) is 0 Å². The van der Waals surface area contributed by atoms with Gasteiger partial charge in [0.2, 0.25) is 10.0 Å². The van der Waals surface area contributed by atoms with Gasteiger partial charge in [0.25, 0.3) is 0 Å². The molecule has 0 amide bonds. The lowest BCUT2D eigenvalue weighted by atomic mass is 10.1. The number of anilines is 2. The van der Waals surface area contributed by atoms with Crippen LogP contribution in [0.2, 0.25) is 0 Å². The Balaban J connectivity index is 2.71. The maximum Gasteiger partial charge on any atom is 0.208 e. The molecule has 0 aromatic heterocycles. The molecule has 0 aliphatic heterocycles. The first kappa shape index (κ1) is 14.8. The third-order valence-corrected chi connectivity index (χ3v) is 3.42. The number of hydrogen-bond acceptors (Lipinski definition) is 4. The quantitative estimate of drug-likeness (QED) is 0.755. The first-order valence-electron chi connectivity index (χ1n) is 5.89. The smallest absolute Gasteiger partial charge is 0.208 e. The second-order valence-corrected chi connectivity index (χ2v) is 6.13. The number of rotatable bonds is 6. The number of sulfonamides is 1. The zero-order valence-electron chi connectivity index (χ0n) is 11.1. The minimum absolute atomic E-state index is 0.399. The van der Waals surface area contributed by atoms with Crippen LogP contribution in [-0.2, 0) is 10.0 Å². The number of likely N-dealkylation sites (N-methyl/N-ethyl adjacent to an activating group) is 1. The molecule has 5 nitrogen and oxygen atoms in total. The number of nitrogens with zero attached hydrogens (tertiary/aromatic N) is 1. The van der Waals surface area contributed by atoms with Crippen LogP contribution in [0, 0.1) is 6.92 Å². The Kier molecular flexibility index (Phi) is 4.98. The molecule has 0 bridgehead atoms. The summed E-state index contributed by atoms with van der Waals surface area (Å²) in [6.45, 7) is 5.88. The van der Waals surface area contributed by atoms with Gasteiger partial charge in [-0.05, 0) is 37.6 Å². The zero-order chi connectivity index (χ0) is 13.8. The summed E-state index contributed by atoms with van der Waals surface area (Å²) in [6, 6.07) is 5.74. The van der Waals surface area contributed by atoms with E-state index in [2.05, 4.69) is 9.62 Å². The molecule has 0 radical (unpaired) electrons. The summed E-state index contributed by atoms with van der Waals surface area (Å²) in [7, 11) is -3.12. The van der Waals surface area contributed by atoms with Crippen LogP contribution < -0.4 is 15.4 Å². The largest absolute Gasteiger partial charge is 0.399 e. The van der Waals surface area contributed by atoms with E-state index < -0.39 is 10.0 Å². The summed E-state index contributed by atoms with van der Waals surface area (Å²) in [4.78, 5) is 2.12. The summed E-state index contributed by atoms with van der Waals surface area (Å²) < 4.78 is 24.5. The minimum atomic E-state index is -3.12. The molecule has 0 aliphatic rings.